The molecule has 0 N–H and O–H groups in total. The molecule has 0 aliphatic heterocycles. The number of hydrogen-bond donors (Lipinski definition) is 0. The largest absolute Gasteiger partial charge is 0.490 e. The van der Waals surface area contributed by atoms with Gasteiger partial charge in [0, 0.05) is 6.42 Å². The molecule has 1 unspecified atom stereocenters. The summed E-state index contributed by atoms with van der Waals surface area (Å²) < 4.78 is 10.6. The maximum atomic E-state index is 11.7. The summed E-state index contributed by atoms with van der Waals surface area (Å²) in [6, 6.07) is 9.52. The number of para-hydroxylation sites is 1. The van der Waals surface area contributed by atoms with Gasteiger partial charge in [-0.05, 0) is 29.9 Å². The van der Waals surface area contributed by atoms with E-state index in [4.69, 9.17) is 9.47 Å². The average molecular weight is 278 g/mol. The lowest BCUT2D eigenvalue weighted by molar-refractivity contribution is -0.145. The molecule has 0 amide bonds. The average Bonchev–Trinajstić information content (AvgIpc) is 2.33. The first-order chi connectivity index (χ1) is 9.37. The van der Waals surface area contributed by atoms with Gasteiger partial charge in [-0.3, -0.25) is 4.79 Å². The smallest absolute Gasteiger partial charge is 0.306 e. The van der Waals surface area contributed by atoms with E-state index in [1.165, 1.54) is 0 Å². The predicted octanol–water partition coefficient (Wildman–Crippen LogP) is 4.07. The van der Waals surface area contributed by atoms with E-state index in [1.807, 2.05) is 30.3 Å². The zero-order valence-electron chi connectivity index (χ0n) is 13.0. The van der Waals surface area contributed by atoms with Gasteiger partial charge in [0.25, 0.3) is 0 Å². The number of rotatable bonds is 7. The zero-order chi connectivity index (χ0) is 15.0. The van der Waals surface area contributed by atoms with Crippen molar-refractivity contribution in [3.05, 3.63) is 30.3 Å². The maximum absolute atomic E-state index is 11.7. The second-order valence-corrected chi connectivity index (χ2v) is 6.46. The van der Waals surface area contributed by atoms with Crippen LogP contribution in [-0.4, -0.2) is 19.2 Å². The van der Waals surface area contributed by atoms with Crippen molar-refractivity contribution < 1.29 is 14.3 Å². The van der Waals surface area contributed by atoms with Crippen LogP contribution in [0.25, 0.3) is 0 Å². The SMILES string of the molecule is CC(CC(=O)OCCOc1ccccc1)CC(C)(C)C. The summed E-state index contributed by atoms with van der Waals surface area (Å²) in [5.41, 5.74) is 0.246. The van der Waals surface area contributed by atoms with Crippen molar-refractivity contribution >= 4 is 5.97 Å². The Kier molecular flexibility index (Phi) is 6.56. The lowest BCUT2D eigenvalue weighted by atomic mass is 9.84. The van der Waals surface area contributed by atoms with Crippen molar-refractivity contribution in [3.63, 3.8) is 0 Å². The molecule has 3 heteroatoms. The molecule has 0 saturated carbocycles. The molecule has 1 aromatic rings. The number of benzene rings is 1. The van der Waals surface area contributed by atoms with Crippen molar-refractivity contribution in [1.82, 2.24) is 0 Å². The van der Waals surface area contributed by atoms with Gasteiger partial charge in [-0.15, -0.1) is 0 Å². The number of hydrogen-bond acceptors (Lipinski definition) is 3. The van der Waals surface area contributed by atoms with Gasteiger partial charge in [0.15, 0.2) is 0 Å². The van der Waals surface area contributed by atoms with Crippen molar-refractivity contribution in [3.8, 4) is 5.75 Å². The lowest BCUT2D eigenvalue weighted by Crippen LogP contribution is -2.17. The second kappa shape index (κ2) is 7.93. The number of carbonyl (C=O) groups is 1. The van der Waals surface area contributed by atoms with Crippen LogP contribution in [0.3, 0.4) is 0 Å². The molecular formula is C17H26O3. The first kappa shape index (κ1) is 16.5. The van der Waals surface area contributed by atoms with E-state index in [9.17, 15) is 4.79 Å². The molecule has 1 rings (SSSR count). The van der Waals surface area contributed by atoms with Gasteiger partial charge in [0.1, 0.15) is 19.0 Å². The minimum atomic E-state index is -0.140. The molecule has 3 nitrogen and oxygen atoms in total. The van der Waals surface area contributed by atoms with E-state index in [0.29, 0.717) is 25.6 Å². The molecule has 20 heavy (non-hydrogen) atoms. The molecule has 0 heterocycles. The Labute approximate surface area is 122 Å². The van der Waals surface area contributed by atoms with Crippen molar-refractivity contribution in [2.24, 2.45) is 11.3 Å². The van der Waals surface area contributed by atoms with Gasteiger partial charge >= 0.3 is 5.97 Å². The minimum absolute atomic E-state index is 0.140. The van der Waals surface area contributed by atoms with E-state index < -0.39 is 0 Å². The molecule has 0 saturated heterocycles. The highest BCUT2D eigenvalue weighted by molar-refractivity contribution is 5.69. The van der Waals surface area contributed by atoms with Crippen LogP contribution in [0.5, 0.6) is 5.75 Å². The van der Waals surface area contributed by atoms with E-state index >= 15 is 0 Å². The third kappa shape index (κ3) is 7.82. The van der Waals surface area contributed by atoms with E-state index in [2.05, 4.69) is 27.7 Å². The summed E-state index contributed by atoms with van der Waals surface area (Å²) in [4.78, 5) is 11.7. The van der Waals surface area contributed by atoms with Crippen LogP contribution in [0.15, 0.2) is 30.3 Å². The minimum Gasteiger partial charge on any atom is -0.490 e. The van der Waals surface area contributed by atoms with Crippen LogP contribution < -0.4 is 4.74 Å². The van der Waals surface area contributed by atoms with Gasteiger partial charge in [-0.25, -0.2) is 0 Å². The molecule has 0 aliphatic carbocycles. The Morgan fingerprint density at radius 3 is 2.40 bits per heavy atom. The number of esters is 1. The monoisotopic (exact) mass is 278 g/mol. The van der Waals surface area contributed by atoms with Gasteiger partial charge < -0.3 is 9.47 Å². The predicted molar refractivity (Wildman–Crippen MR) is 80.7 cm³/mol. The fourth-order valence-corrected chi connectivity index (χ4v) is 2.29. The lowest BCUT2D eigenvalue weighted by Gasteiger charge is -2.22. The molecule has 0 fully saturated rings. The molecule has 0 radical (unpaired) electrons. The molecule has 0 bridgehead atoms. The maximum Gasteiger partial charge on any atom is 0.306 e. The summed E-state index contributed by atoms with van der Waals surface area (Å²) in [6.45, 7) is 9.33. The van der Waals surface area contributed by atoms with E-state index in [-0.39, 0.29) is 11.4 Å². The fourth-order valence-electron chi connectivity index (χ4n) is 2.29. The summed E-state index contributed by atoms with van der Waals surface area (Å²) in [5, 5.41) is 0. The van der Waals surface area contributed by atoms with Crippen LogP contribution in [0.4, 0.5) is 0 Å². The molecule has 112 valence electrons. The van der Waals surface area contributed by atoms with Gasteiger partial charge in [-0.2, -0.15) is 0 Å². The topological polar surface area (TPSA) is 35.5 Å². The van der Waals surface area contributed by atoms with Gasteiger partial charge in [0.2, 0.25) is 0 Å². The molecule has 0 aromatic heterocycles. The molecule has 1 aromatic carbocycles. The third-order valence-electron chi connectivity index (χ3n) is 2.83. The number of ether oxygens (including phenoxy) is 2. The third-order valence-corrected chi connectivity index (χ3v) is 2.83. The Morgan fingerprint density at radius 2 is 1.80 bits per heavy atom. The van der Waals surface area contributed by atoms with Crippen molar-refractivity contribution in [1.29, 1.82) is 0 Å². The summed E-state index contributed by atoms with van der Waals surface area (Å²) in [6.07, 6.45) is 1.49. The standard InChI is InChI=1S/C17H26O3/c1-14(13-17(2,3)4)12-16(18)20-11-10-19-15-8-6-5-7-9-15/h5-9,14H,10-13H2,1-4H3. The molecular weight excluding hydrogens is 252 g/mol. The Morgan fingerprint density at radius 1 is 1.15 bits per heavy atom. The van der Waals surface area contributed by atoms with Crippen molar-refractivity contribution in [2.45, 2.75) is 40.5 Å². The first-order valence-corrected chi connectivity index (χ1v) is 7.20. The van der Waals surface area contributed by atoms with E-state index in [1.54, 1.807) is 0 Å². The molecule has 1 atom stereocenters. The van der Waals surface area contributed by atoms with Crippen LogP contribution in [0.1, 0.15) is 40.5 Å². The fraction of sp³-hybridized carbons (Fsp3) is 0.588. The second-order valence-electron chi connectivity index (χ2n) is 6.46. The number of carbonyl (C=O) groups excluding carboxylic acids is 1. The summed E-state index contributed by atoms with van der Waals surface area (Å²) in [7, 11) is 0. The highest BCUT2D eigenvalue weighted by atomic mass is 16.6. The first-order valence-electron chi connectivity index (χ1n) is 7.20. The van der Waals surface area contributed by atoms with Crippen LogP contribution in [0, 0.1) is 11.3 Å². The Hall–Kier alpha value is -1.51. The van der Waals surface area contributed by atoms with Gasteiger partial charge in [0.05, 0.1) is 0 Å². The summed E-state index contributed by atoms with van der Waals surface area (Å²) >= 11 is 0. The van der Waals surface area contributed by atoms with Crippen molar-refractivity contribution in [2.75, 3.05) is 13.2 Å². The van der Waals surface area contributed by atoms with Gasteiger partial charge in [-0.1, -0.05) is 45.9 Å². The summed E-state index contributed by atoms with van der Waals surface area (Å²) in [5.74, 6) is 1.00. The highest BCUT2D eigenvalue weighted by Gasteiger charge is 2.18. The van der Waals surface area contributed by atoms with Crippen LogP contribution in [0.2, 0.25) is 0 Å². The Bertz CT molecular complexity index is 392. The Balaban J connectivity index is 2.14. The quantitative estimate of drug-likeness (QED) is 0.557. The molecule has 0 spiro atoms. The van der Waals surface area contributed by atoms with Crippen LogP contribution >= 0.6 is 0 Å². The normalized spacial score (nSPS) is 12.8. The highest BCUT2D eigenvalue weighted by Crippen LogP contribution is 2.26. The zero-order valence-corrected chi connectivity index (χ0v) is 13.0. The van der Waals surface area contributed by atoms with E-state index in [0.717, 1.165) is 12.2 Å². The molecule has 0 aliphatic rings. The van der Waals surface area contributed by atoms with Crippen LogP contribution in [-0.2, 0) is 9.53 Å².